The Hall–Kier alpha value is -2.04. The largest absolute Gasteiger partial charge is 0.373 e. The number of nitrogens with zero attached hydrogens (tertiary/aromatic N) is 2. The predicted octanol–water partition coefficient (Wildman–Crippen LogP) is 2.77. The van der Waals surface area contributed by atoms with Crippen LogP contribution in [0, 0.1) is 18.6 Å². The summed E-state index contributed by atoms with van der Waals surface area (Å²) >= 11 is 0. The molecule has 0 saturated carbocycles. The Kier molecular flexibility index (Phi) is 2.99. The number of hydrogen-bond donors (Lipinski definition) is 1. The molecule has 2 rings (SSSR count). The topological polar surface area (TPSA) is 37.8 Å². The molecule has 2 aromatic rings. The number of benzene rings is 1. The van der Waals surface area contributed by atoms with E-state index < -0.39 is 11.6 Å². The zero-order valence-electron chi connectivity index (χ0n) is 9.46. The van der Waals surface area contributed by atoms with Gasteiger partial charge in [-0.15, -0.1) is 0 Å². The van der Waals surface area contributed by atoms with Crippen molar-refractivity contribution in [1.82, 2.24) is 9.97 Å². The smallest absolute Gasteiger partial charge is 0.132 e. The zero-order chi connectivity index (χ0) is 12.4. The van der Waals surface area contributed by atoms with Crippen LogP contribution >= 0.6 is 0 Å². The number of aromatic nitrogens is 2. The molecule has 0 saturated heterocycles. The van der Waals surface area contributed by atoms with Crippen LogP contribution in [0.25, 0.3) is 11.3 Å². The molecule has 0 aliphatic heterocycles. The van der Waals surface area contributed by atoms with Crippen LogP contribution in [0.5, 0.6) is 0 Å². The number of halogens is 2. The molecule has 0 fully saturated rings. The van der Waals surface area contributed by atoms with Crippen molar-refractivity contribution in [2.45, 2.75) is 6.92 Å². The van der Waals surface area contributed by atoms with Gasteiger partial charge in [0.1, 0.15) is 23.8 Å². The van der Waals surface area contributed by atoms with Crippen molar-refractivity contribution in [3.8, 4) is 11.3 Å². The first-order chi connectivity index (χ1) is 8.13. The molecule has 0 atom stereocenters. The van der Waals surface area contributed by atoms with E-state index >= 15 is 0 Å². The van der Waals surface area contributed by atoms with Crippen LogP contribution in [0.4, 0.5) is 14.6 Å². The first kappa shape index (κ1) is 11.4. The number of rotatable bonds is 2. The summed E-state index contributed by atoms with van der Waals surface area (Å²) in [4.78, 5) is 8.00. The fourth-order valence-electron chi connectivity index (χ4n) is 1.65. The summed E-state index contributed by atoms with van der Waals surface area (Å²) in [5.41, 5.74) is 1.21. The minimum Gasteiger partial charge on any atom is -0.373 e. The molecule has 0 aliphatic carbocycles. The Balaban J connectivity index is 2.64. The van der Waals surface area contributed by atoms with E-state index in [1.807, 2.05) is 0 Å². The first-order valence-corrected chi connectivity index (χ1v) is 5.08. The van der Waals surface area contributed by atoms with E-state index in [2.05, 4.69) is 15.3 Å². The molecule has 0 aliphatic rings. The van der Waals surface area contributed by atoms with Crippen molar-refractivity contribution in [2.24, 2.45) is 0 Å². The van der Waals surface area contributed by atoms with Gasteiger partial charge in [0, 0.05) is 18.2 Å². The number of hydrogen-bond acceptors (Lipinski definition) is 3. The van der Waals surface area contributed by atoms with Gasteiger partial charge in [-0.25, -0.2) is 18.7 Å². The van der Waals surface area contributed by atoms with E-state index in [9.17, 15) is 8.78 Å². The van der Waals surface area contributed by atoms with E-state index in [1.54, 1.807) is 14.0 Å². The summed E-state index contributed by atoms with van der Waals surface area (Å²) in [6.07, 6.45) is 1.32. The molecule has 1 aromatic carbocycles. The highest BCUT2D eigenvalue weighted by Gasteiger charge is 2.13. The Bertz CT molecular complexity index is 555. The molecule has 0 unspecified atom stereocenters. The van der Waals surface area contributed by atoms with Gasteiger partial charge in [0.2, 0.25) is 0 Å². The van der Waals surface area contributed by atoms with E-state index in [4.69, 9.17) is 0 Å². The molecule has 0 spiro atoms. The van der Waals surface area contributed by atoms with Gasteiger partial charge >= 0.3 is 0 Å². The molecular weight excluding hydrogens is 224 g/mol. The summed E-state index contributed by atoms with van der Waals surface area (Å²) in [7, 11) is 1.71. The maximum Gasteiger partial charge on any atom is 0.132 e. The highest BCUT2D eigenvalue weighted by molar-refractivity contribution is 5.68. The number of anilines is 1. The average Bonchev–Trinajstić information content (AvgIpc) is 2.33. The SMILES string of the molecule is CNc1ncnc(-c2cc(F)ccc2F)c1C. The summed E-state index contributed by atoms with van der Waals surface area (Å²) in [5, 5.41) is 2.87. The second-order valence-corrected chi connectivity index (χ2v) is 3.57. The Labute approximate surface area is 97.5 Å². The Morgan fingerprint density at radius 2 is 1.94 bits per heavy atom. The van der Waals surface area contributed by atoms with E-state index in [0.29, 0.717) is 17.1 Å². The molecular formula is C12H11F2N3. The quantitative estimate of drug-likeness (QED) is 0.869. The third-order valence-electron chi connectivity index (χ3n) is 2.50. The van der Waals surface area contributed by atoms with Gasteiger partial charge in [-0.05, 0) is 25.1 Å². The average molecular weight is 235 g/mol. The predicted molar refractivity (Wildman–Crippen MR) is 61.7 cm³/mol. The molecule has 3 nitrogen and oxygen atoms in total. The molecule has 1 N–H and O–H groups in total. The highest BCUT2D eigenvalue weighted by atomic mass is 19.1. The van der Waals surface area contributed by atoms with Crippen LogP contribution < -0.4 is 5.32 Å². The second kappa shape index (κ2) is 4.45. The third-order valence-corrected chi connectivity index (χ3v) is 2.50. The summed E-state index contributed by atoms with van der Waals surface area (Å²) in [6, 6.07) is 3.30. The Morgan fingerprint density at radius 1 is 1.18 bits per heavy atom. The van der Waals surface area contributed by atoms with Gasteiger partial charge in [-0.3, -0.25) is 0 Å². The van der Waals surface area contributed by atoms with Crippen molar-refractivity contribution in [3.05, 3.63) is 41.7 Å². The van der Waals surface area contributed by atoms with Gasteiger partial charge in [0.05, 0.1) is 5.69 Å². The van der Waals surface area contributed by atoms with Gasteiger partial charge in [-0.2, -0.15) is 0 Å². The molecule has 88 valence electrons. The van der Waals surface area contributed by atoms with Gasteiger partial charge in [-0.1, -0.05) is 0 Å². The lowest BCUT2D eigenvalue weighted by Gasteiger charge is -2.09. The minimum atomic E-state index is -0.504. The van der Waals surface area contributed by atoms with Crippen molar-refractivity contribution >= 4 is 5.82 Å². The monoisotopic (exact) mass is 235 g/mol. The Morgan fingerprint density at radius 3 is 2.65 bits per heavy atom. The van der Waals surface area contributed by atoms with Gasteiger partial charge < -0.3 is 5.32 Å². The molecule has 0 amide bonds. The normalized spacial score (nSPS) is 10.4. The van der Waals surface area contributed by atoms with Crippen molar-refractivity contribution in [3.63, 3.8) is 0 Å². The van der Waals surface area contributed by atoms with Gasteiger partial charge in [0.25, 0.3) is 0 Å². The maximum atomic E-state index is 13.6. The van der Waals surface area contributed by atoms with Crippen LogP contribution in [-0.4, -0.2) is 17.0 Å². The van der Waals surface area contributed by atoms with E-state index in [-0.39, 0.29) is 5.56 Å². The first-order valence-electron chi connectivity index (χ1n) is 5.08. The molecule has 0 bridgehead atoms. The van der Waals surface area contributed by atoms with Gasteiger partial charge in [0.15, 0.2) is 0 Å². The second-order valence-electron chi connectivity index (χ2n) is 3.57. The van der Waals surface area contributed by atoms with Crippen molar-refractivity contribution in [1.29, 1.82) is 0 Å². The minimum absolute atomic E-state index is 0.140. The highest BCUT2D eigenvalue weighted by Crippen LogP contribution is 2.27. The lowest BCUT2D eigenvalue weighted by Crippen LogP contribution is -2.00. The van der Waals surface area contributed by atoms with E-state index in [0.717, 1.165) is 18.2 Å². The molecule has 0 radical (unpaired) electrons. The van der Waals surface area contributed by atoms with Crippen molar-refractivity contribution in [2.75, 3.05) is 12.4 Å². The molecule has 17 heavy (non-hydrogen) atoms. The van der Waals surface area contributed by atoms with Crippen LogP contribution in [0.1, 0.15) is 5.56 Å². The zero-order valence-corrected chi connectivity index (χ0v) is 9.46. The lowest BCUT2D eigenvalue weighted by atomic mass is 10.1. The maximum absolute atomic E-state index is 13.6. The molecule has 1 aromatic heterocycles. The fourth-order valence-corrected chi connectivity index (χ4v) is 1.65. The molecule has 1 heterocycles. The summed E-state index contributed by atoms with van der Waals surface area (Å²) in [5.74, 6) is -0.403. The summed E-state index contributed by atoms with van der Waals surface area (Å²) < 4.78 is 26.7. The summed E-state index contributed by atoms with van der Waals surface area (Å²) in [6.45, 7) is 1.76. The van der Waals surface area contributed by atoms with Crippen molar-refractivity contribution < 1.29 is 8.78 Å². The third kappa shape index (κ3) is 2.08. The van der Waals surface area contributed by atoms with Crippen LogP contribution in [0.15, 0.2) is 24.5 Å². The lowest BCUT2D eigenvalue weighted by molar-refractivity contribution is 0.602. The van der Waals surface area contributed by atoms with E-state index in [1.165, 1.54) is 6.33 Å². The number of nitrogens with one attached hydrogen (secondary N) is 1. The standard InChI is InChI=1S/C12H11F2N3/c1-7-11(16-6-17-12(7)15-2)9-5-8(13)3-4-10(9)14/h3-6H,1-2H3,(H,15,16,17). The van der Waals surface area contributed by atoms with Crippen LogP contribution in [-0.2, 0) is 0 Å². The molecule has 5 heteroatoms. The van der Waals surface area contributed by atoms with Crippen LogP contribution in [0.2, 0.25) is 0 Å². The van der Waals surface area contributed by atoms with Crippen LogP contribution in [0.3, 0.4) is 0 Å². The fraction of sp³-hybridized carbons (Fsp3) is 0.167.